The molecule has 0 fully saturated rings. The maximum absolute atomic E-state index is 14.0. The highest BCUT2D eigenvalue weighted by atomic mass is 16.4. The minimum Gasteiger partial charge on any atom is -0.478 e. The van der Waals surface area contributed by atoms with Gasteiger partial charge in [0.15, 0.2) is 0 Å². The molecule has 0 aliphatic rings. The van der Waals surface area contributed by atoms with Crippen LogP contribution in [0, 0.1) is 0 Å². The van der Waals surface area contributed by atoms with E-state index in [1.807, 2.05) is 53.2 Å². The van der Waals surface area contributed by atoms with Gasteiger partial charge in [-0.05, 0) is 71.1 Å². The lowest BCUT2D eigenvalue weighted by atomic mass is 9.98. The van der Waals surface area contributed by atoms with Crippen molar-refractivity contribution in [2.75, 3.05) is 0 Å². The van der Waals surface area contributed by atoms with Gasteiger partial charge in [0.05, 0.1) is 34.9 Å². The first kappa shape index (κ1) is 26.0. The third-order valence-electron chi connectivity index (χ3n) is 7.67. The summed E-state index contributed by atoms with van der Waals surface area (Å²) in [5, 5.41) is 20.7. The summed E-state index contributed by atoms with van der Waals surface area (Å²) in [6, 6.07) is 34.5. The summed E-state index contributed by atoms with van der Waals surface area (Å²) < 4.78 is 1.90. The number of benzene rings is 5. The van der Waals surface area contributed by atoms with Crippen LogP contribution < -0.4 is 5.32 Å². The molecular formula is C35H29N3O3. The Morgan fingerprint density at radius 1 is 0.732 bits per heavy atom. The summed E-state index contributed by atoms with van der Waals surface area (Å²) in [5.74, 6) is -1.33. The number of nitrogens with zero attached hydrogens (tertiary/aromatic N) is 2. The molecule has 0 aliphatic carbocycles. The molecule has 0 bridgehead atoms. The second kappa shape index (κ2) is 10.7. The minimum atomic E-state index is -1.03. The number of rotatable bonds is 7. The van der Waals surface area contributed by atoms with E-state index in [0.717, 1.165) is 38.4 Å². The zero-order chi connectivity index (χ0) is 28.5. The maximum Gasteiger partial charge on any atom is 0.336 e. The van der Waals surface area contributed by atoms with E-state index in [4.69, 9.17) is 5.10 Å². The third kappa shape index (κ3) is 4.96. The number of carbonyl (C=O) groups excluding carboxylic acids is 1. The van der Waals surface area contributed by atoms with Gasteiger partial charge < -0.3 is 10.4 Å². The van der Waals surface area contributed by atoms with E-state index in [0.29, 0.717) is 11.1 Å². The number of amides is 1. The second-order valence-corrected chi connectivity index (χ2v) is 10.3. The van der Waals surface area contributed by atoms with Crippen molar-refractivity contribution in [3.05, 3.63) is 138 Å². The van der Waals surface area contributed by atoms with Gasteiger partial charge in [-0.2, -0.15) is 5.10 Å². The standard InChI is InChI=1S/C35H29N3O3/c1-22(30-14-8-9-15-31(30)35(40)41)37-34(39)32-20-28(24-10-4-3-5-11-24)19-29-21-36-38(33(29)32)23(2)26-17-16-25-12-6-7-13-27(25)18-26/h3-23H,1-2H3,(H,37,39)(H,40,41)/t22-,23+/m0/s1. The zero-order valence-corrected chi connectivity index (χ0v) is 22.8. The first-order valence-corrected chi connectivity index (χ1v) is 13.6. The van der Waals surface area contributed by atoms with E-state index < -0.39 is 12.0 Å². The highest BCUT2D eigenvalue weighted by molar-refractivity contribution is 6.08. The third-order valence-corrected chi connectivity index (χ3v) is 7.67. The number of hydrogen-bond acceptors (Lipinski definition) is 3. The highest BCUT2D eigenvalue weighted by Crippen LogP contribution is 2.32. The molecule has 0 saturated heterocycles. The number of hydrogen-bond donors (Lipinski definition) is 2. The van der Waals surface area contributed by atoms with Crippen molar-refractivity contribution in [2.24, 2.45) is 0 Å². The van der Waals surface area contributed by atoms with Crippen molar-refractivity contribution in [1.29, 1.82) is 0 Å². The lowest BCUT2D eigenvalue weighted by Gasteiger charge is -2.20. The Hall–Kier alpha value is -5.23. The molecule has 0 unspecified atom stereocenters. The molecule has 2 N–H and O–H groups in total. The Labute approximate surface area is 237 Å². The van der Waals surface area contributed by atoms with Crippen molar-refractivity contribution in [3.63, 3.8) is 0 Å². The van der Waals surface area contributed by atoms with Crippen molar-refractivity contribution in [2.45, 2.75) is 25.9 Å². The van der Waals surface area contributed by atoms with E-state index in [1.165, 1.54) is 0 Å². The first-order chi connectivity index (χ1) is 19.9. The molecule has 0 radical (unpaired) electrons. The molecule has 6 aromatic rings. The molecular weight excluding hydrogens is 510 g/mol. The van der Waals surface area contributed by atoms with Crippen LogP contribution in [0.15, 0.2) is 115 Å². The van der Waals surface area contributed by atoms with E-state index in [-0.39, 0.29) is 17.5 Å². The monoisotopic (exact) mass is 539 g/mol. The maximum atomic E-state index is 14.0. The number of carboxylic acid groups (broad SMARTS) is 1. The molecule has 0 aliphatic heterocycles. The molecule has 6 heteroatoms. The van der Waals surface area contributed by atoms with Crippen molar-refractivity contribution in [1.82, 2.24) is 15.1 Å². The van der Waals surface area contributed by atoms with Gasteiger partial charge in [0.1, 0.15) is 0 Å². The summed E-state index contributed by atoms with van der Waals surface area (Å²) in [4.78, 5) is 25.8. The largest absolute Gasteiger partial charge is 0.478 e. The highest BCUT2D eigenvalue weighted by Gasteiger charge is 2.23. The van der Waals surface area contributed by atoms with Crippen LogP contribution >= 0.6 is 0 Å². The van der Waals surface area contributed by atoms with E-state index >= 15 is 0 Å². The Balaban J connectivity index is 1.45. The van der Waals surface area contributed by atoms with Crippen molar-refractivity contribution >= 4 is 33.6 Å². The topological polar surface area (TPSA) is 84.2 Å². The number of fused-ring (bicyclic) bond motifs is 2. The smallest absolute Gasteiger partial charge is 0.336 e. The molecule has 6 nitrogen and oxygen atoms in total. The van der Waals surface area contributed by atoms with Gasteiger partial charge in [0, 0.05) is 5.39 Å². The molecule has 1 aromatic heterocycles. The number of carbonyl (C=O) groups is 2. The SMILES string of the molecule is C[C@H](NC(=O)c1cc(-c2ccccc2)cc2cnn([C@H](C)c3ccc4ccccc4c3)c12)c1ccccc1C(=O)O. The van der Waals surface area contributed by atoms with Crippen LogP contribution in [0.1, 0.15) is 57.8 Å². The summed E-state index contributed by atoms with van der Waals surface area (Å²) in [7, 11) is 0. The number of aromatic nitrogens is 2. The van der Waals surface area contributed by atoms with Crippen LogP contribution in [0.5, 0.6) is 0 Å². The van der Waals surface area contributed by atoms with Crippen LogP contribution in [0.4, 0.5) is 0 Å². The molecule has 41 heavy (non-hydrogen) atoms. The second-order valence-electron chi connectivity index (χ2n) is 10.3. The molecule has 5 aromatic carbocycles. The lowest BCUT2D eigenvalue weighted by molar-refractivity contribution is 0.0693. The average molecular weight is 540 g/mol. The molecule has 1 amide bonds. The van der Waals surface area contributed by atoms with E-state index in [2.05, 4.69) is 48.6 Å². The fraction of sp³-hybridized carbons (Fsp3) is 0.114. The van der Waals surface area contributed by atoms with Crippen molar-refractivity contribution < 1.29 is 14.7 Å². The van der Waals surface area contributed by atoms with Crippen LogP contribution in [0.25, 0.3) is 32.8 Å². The van der Waals surface area contributed by atoms with Crippen LogP contribution in [-0.4, -0.2) is 26.8 Å². The van der Waals surface area contributed by atoms with Crippen LogP contribution in [0.3, 0.4) is 0 Å². The number of nitrogens with one attached hydrogen (secondary N) is 1. The van der Waals surface area contributed by atoms with E-state index in [1.54, 1.807) is 37.4 Å². The van der Waals surface area contributed by atoms with Gasteiger partial charge in [-0.25, -0.2) is 4.79 Å². The number of aromatic carboxylic acids is 1. The minimum absolute atomic E-state index is 0.142. The molecule has 2 atom stereocenters. The summed E-state index contributed by atoms with van der Waals surface area (Å²) >= 11 is 0. The van der Waals surface area contributed by atoms with Gasteiger partial charge in [-0.15, -0.1) is 0 Å². The molecule has 0 spiro atoms. The fourth-order valence-electron chi connectivity index (χ4n) is 5.49. The molecule has 6 rings (SSSR count). The normalized spacial score (nSPS) is 12.7. The summed E-state index contributed by atoms with van der Waals surface area (Å²) in [5.41, 5.74) is 4.88. The fourth-order valence-corrected chi connectivity index (χ4v) is 5.49. The van der Waals surface area contributed by atoms with Gasteiger partial charge in [0.2, 0.25) is 0 Å². The Morgan fingerprint density at radius 3 is 2.22 bits per heavy atom. The molecule has 0 saturated carbocycles. The number of carboxylic acids is 1. The van der Waals surface area contributed by atoms with Gasteiger partial charge >= 0.3 is 5.97 Å². The van der Waals surface area contributed by atoms with Gasteiger partial charge in [0.25, 0.3) is 5.91 Å². The van der Waals surface area contributed by atoms with Crippen molar-refractivity contribution in [3.8, 4) is 11.1 Å². The van der Waals surface area contributed by atoms with Crippen LogP contribution in [0.2, 0.25) is 0 Å². The van der Waals surface area contributed by atoms with E-state index in [9.17, 15) is 14.7 Å². The predicted octanol–water partition coefficient (Wildman–Crippen LogP) is 7.66. The van der Waals surface area contributed by atoms with Gasteiger partial charge in [-0.1, -0.05) is 84.9 Å². The Kier molecular flexibility index (Phi) is 6.81. The zero-order valence-electron chi connectivity index (χ0n) is 22.8. The summed E-state index contributed by atoms with van der Waals surface area (Å²) in [6.45, 7) is 3.88. The molecule has 1 heterocycles. The quantitative estimate of drug-likeness (QED) is 0.218. The molecule has 202 valence electrons. The Morgan fingerprint density at radius 2 is 1.44 bits per heavy atom. The van der Waals surface area contributed by atoms with Gasteiger partial charge in [-0.3, -0.25) is 9.48 Å². The van der Waals surface area contributed by atoms with Crippen LogP contribution in [-0.2, 0) is 0 Å². The first-order valence-electron chi connectivity index (χ1n) is 13.6. The summed E-state index contributed by atoms with van der Waals surface area (Å²) in [6.07, 6.45) is 1.80. The predicted molar refractivity (Wildman–Crippen MR) is 162 cm³/mol. The Bertz CT molecular complexity index is 1910. The average Bonchev–Trinajstić information content (AvgIpc) is 3.44. The lowest BCUT2D eigenvalue weighted by Crippen LogP contribution is -2.28.